The molecule has 2 fully saturated rings. The van der Waals surface area contributed by atoms with Crippen molar-refractivity contribution in [3.63, 3.8) is 0 Å². The maximum Gasteiger partial charge on any atom is 0.416 e. The van der Waals surface area contributed by atoms with E-state index in [2.05, 4.69) is 16.2 Å². The monoisotopic (exact) mass is 385 g/mol. The van der Waals surface area contributed by atoms with Crippen LogP contribution < -0.4 is 16.2 Å². The first-order valence-corrected chi connectivity index (χ1v) is 8.95. The number of amides is 1. The van der Waals surface area contributed by atoms with Crippen molar-refractivity contribution in [2.45, 2.75) is 57.0 Å². The zero-order valence-electron chi connectivity index (χ0n) is 14.8. The fourth-order valence-corrected chi connectivity index (χ4v) is 3.59. The highest BCUT2D eigenvalue weighted by Crippen LogP contribution is 2.31. The Balaban J connectivity index is 1.57. The van der Waals surface area contributed by atoms with Crippen LogP contribution in [-0.4, -0.2) is 30.1 Å². The minimum absolute atomic E-state index is 0.00859. The number of hydrogen-bond acceptors (Lipinski definition) is 5. The van der Waals surface area contributed by atoms with E-state index in [4.69, 9.17) is 4.74 Å². The zero-order chi connectivity index (χ0) is 19.6. The fraction of sp³-hybridized carbons (Fsp3) is 0.556. The van der Waals surface area contributed by atoms with Gasteiger partial charge in [0.1, 0.15) is 6.04 Å². The Bertz CT molecular complexity index is 711. The van der Waals surface area contributed by atoms with Crippen LogP contribution in [0.3, 0.4) is 0 Å². The van der Waals surface area contributed by atoms with Crippen LogP contribution in [-0.2, 0) is 20.5 Å². The lowest BCUT2D eigenvalue weighted by Crippen LogP contribution is -2.43. The van der Waals surface area contributed by atoms with Gasteiger partial charge >= 0.3 is 12.1 Å². The molecule has 1 saturated carbocycles. The van der Waals surface area contributed by atoms with Crippen molar-refractivity contribution in [3.05, 3.63) is 29.8 Å². The lowest BCUT2D eigenvalue weighted by molar-refractivity contribution is -0.156. The number of hydrazine groups is 1. The molecular weight excluding hydrogens is 363 g/mol. The Kier molecular flexibility index (Phi) is 5.71. The Morgan fingerprint density at radius 3 is 2.70 bits per heavy atom. The van der Waals surface area contributed by atoms with Gasteiger partial charge in [0.05, 0.1) is 5.56 Å². The van der Waals surface area contributed by atoms with E-state index in [0.29, 0.717) is 0 Å². The van der Waals surface area contributed by atoms with Crippen molar-refractivity contribution in [3.8, 4) is 0 Å². The highest BCUT2D eigenvalue weighted by atomic mass is 19.4. The van der Waals surface area contributed by atoms with Gasteiger partial charge in [0.2, 0.25) is 0 Å². The average molecular weight is 385 g/mol. The molecular formula is C18H22F3N3O3. The lowest BCUT2D eigenvalue weighted by Gasteiger charge is -2.26. The molecule has 2 aliphatic rings. The van der Waals surface area contributed by atoms with E-state index in [9.17, 15) is 22.8 Å². The quantitative estimate of drug-likeness (QED) is 0.695. The Labute approximate surface area is 154 Å². The summed E-state index contributed by atoms with van der Waals surface area (Å²) in [6, 6.07) is 3.98. The normalized spacial score (nSPS) is 26.1. The third-order valence-electron chi connectivity index (χ3n) is 5.05. The van der Waals surface area contributed by atoms with Crippen LogP contribution in [0.1, 0.15) is 38.2 Å². The number of carbonyl (C=O) groups excluding carboxylic acids is 2. The van der Waals surface area contributed by atoms with Crippen LogP contribution in [0.5, 0.6) is 0 Å². The van der Waals surface area contributed by atoms with Crippen molar-refractivity contribution in [2.24, 2.45) is 5.92 Å². The molecule has 27 heavy (non-hydrogen) atoms. The summed E-state index contributed by atoms with van der Waals surface area (Å²) in [5, 5.41) is 2.35. The SMILES string of the molecule is CC(OC(=O)C1NNC2CCCCC21)C(=O)Nc1cccc(C(F)(F)F)c1. The van der Waals surface area contributed by atoms with Crippen molar-refractivity contribution in [1.82, 2.24) is 10.9 Å². The van der Waals surface area contributed by atoms with E-state index in [1.54, 1.807) is 0 Å². The fourth-order valence-electron chi connectivity index (χ4n) is 3.59. The summed E-state index contributed by atoms with van der Waals surface area (Å²) in [6.07, 6.45) is -1.61. The van der Waals surface area contributed by atoms with Crippen molar-refractivity contribution >= 4 is 17.6 Å². The van der Waals surface area contributed by atoms with Crippen molar-refractivity contribution in [1.29, 1.82) is 0 Å². The molecule has 1 aliphatic heterocycles. The summed E-state index contributed by atoms with van der Waals surface area (Å²) >= 11 is 0. The molecule has 1 saturated heterocycles. The smallest absolute Gasteiger partial charge is 0.416 e. The molecule has 6 nitrogen and oxygen atoms in total. The maximum absolute atomic E-state index is 12.7. The summed E-state index contributed by atoms with van der Waals surface area (Å²) in [7, 11) is 0. The number of hydrogen-bond donors (Lipinski definition) is 3. The molecule has 148 valence electrons. The number of ether oxygens (including phenoxy) is 1. The van der Waals surface area contributed by atoms with Gasteiger partial charge in [0.25, 0.3) is 5.91 Å². The average Bonchev–Trinajstić information content (AvgIpc) is 3.05. The van der Waals surface area contributed by atoms with Crippen LogP contribution in [0.2, 0.25) is 0 Å². The van der Waals surface area contributed by atoms with Crippen LogP contribution in [0.25, 0.3) is 0 Å². The Morgan fingerprint density at radius 1 is 1.22 bits per heavy atom. The zero-order valence-corrected chi connectivity index (χ0v) is 14.8. The molecule has 3 N–H and O–H groups in total. The van der Waals surface area contributed by atoms with Gasteiger partial charge in [0.15, 0.2) is 6.10 Å². The number of anilines is 1. The maximum atomic E-state index is 12.7. The van der Waals surface area contributed by atoms with Crippen molar-refractivity contribution in [2.75, 3.05) is 5.32 Å². The number of fused-ring (bicyclic) bond motifs is 1. The van der Waals surface area contributed by atoms with Gasteiger partial charge in [-0.05, 0) is 38.0 Å². The standard InChI is InChI=1S/C18H22F3N3O3/c1-10(16(25)22-12-6-4-5-11(9-12)18(19,20)21)27-17(26)15-13-7-2-3-8-14(13)23-24-15/h4-6,9-10,13-15,23-24H,2-3,7-8H2,1H3,(H,22,25). The Hall–Kier alpha value is -2.13. The van der Waals surface area contributed by atoms with E-state index in [1.807, 2.05) is 0 Å². The molecule has 0 bridgehead atoms. The molecule has 1 aliphatic carbocycles. The highest BCUT2D eigenvalue weighted by molar-refractivity contribution is 5.95. The van der Waals surface area contributed by atoms with Gasteiger partial charge in [-0.25, -0.2) is 5.43 Å². The molecule has 4 atom stereocenters. The molecule has 0 aromatic heterocycles. The molecule has 0 radical (unpaired) electrons. The summed E-state index contributed by atoms with van der Waals surface area (Å²) in [4.78, 5) is 24.6. The van der Waals surface area contributed by atoms with Gasteiger partial charge < -0.3 is 10.1 Å². The third kappa shape index (κ3) is 4.59. The summed E-state index contributed by atoms with van der Waals surface area (Å²) in [5.74, 6) is -1.11. The van der Waals surface area contributed by atoms with E-state index in [0.717, 1.165) is 37.8 Å². The first kappa shape index (κ1) is 19.6. The van der Waals surface area contributed by atoms with Crippen LogP contribution in [0.15, 0.2) is 24.3 Å². The molecule has 9 heteroatoms. The predicted molar refractivity (Wildman–Crippen MR) is 91.4 cm³/mol. The first-order chi connectivity index (χ1) is 12.8. The molecule has 3 rings (SSSR count). The van der Waals surface area contributed by atoms with E-state index in [-0.39, 0.29) is 17.6 Å². The number of nitrogens with one attached hydrogen (secondary N) is 3. The minimum Gasteiger partial charge on any atom is -0.451 e. The number of rotatable bonds is 4. The molecule has 1 amide bonds. The number of carbonyl (C=O) groups is 2. The Morgan fingerprint density at radius 2 is 1.96 bits per heavy atom. The third-order valence-corrected chi connectivity index (χ3v) is 5.05. The summed E-state index contributed by atoms with van der Waals surface area (Å²) in [5.41, 5.74) is 5.15. The number of esters is 1. The second-order valence-electron chi connectivity index (χ2n) is 6.97. The summed E-state index contributed by atoms with van der Waals surface area (Å²) in [6.45, 7) is 1.39. The van der Waals surface area contributed by atoms with Gasteiger partial charge in [-0.2, -0.15) is 13.2 Å². The molecule has 1 aromatic carbocycles. The van der Waals surface area contributed by atoms with Gasteiger partial charge in [-0.3, -0.25) is 15.0 Å². The number of alkyl halides is 3. The topological polar surface area (TPSA) is 79.5 Å². The minimum atomic E-state index is -4.50. The molecule has 4 unspecified atom stereocenters. The largest absolute Gasteiger partial charge is 0.451 e. The molecule has 0 spiro atoms. The molecule has 1 heterocycles. The van der Waals surface area contributed by atoms with Gasteiger partial charge in [-0.1, -0.05) is 18.9 Å². The second-order valence-corrected chi connectivity index (χ2v) is 6.97. The van der Waals surface area contributed by atoms with Crippen LogP contribution >= 0.6 is 0 Å². The van der Waals surface area contributed by atoms with Crippen molar-refractivity contribution < 1.29 is 27.5 Å². The number of halogens is 3. The second kappa shape index (κ2) is 7.85. The van der Waals surface area contributed by atoms with Crippen LogP contribution in [0.4, 0.5) is 18.9 Å². The first-order valence-electron chi connectivity index (χ1n) is 8.95. The van der Waals surface area contributed by atoms with Crippen LogP contribution in [0, 0.1) is 5.92 Å². The highest BCUT2D eigenvalue weighted by Gasteiger charge is 2.42. The predicted octanol–water partition coefficient (Wildman–Crippen LogP) is 2.61. The lowest BCUT2D eigenvalue weighted by atomic mass is 9.82. The van der Waals surface area contributed by atoms with E-state index < -0.39 is 35.8 Å². The van der Waals surface area contributed by atoms with E-state index >= 15 is 0 Å². The number of benzene rings is 1. The summed E-state index contributed by atoms with van der Waals surface area (Å²) < 4.78 is 43.5. The van der Waals surface area contributed by atoms with Gasteiger partial charge in [0, 0.05) is 17.6 Å². The van der Waals surface area contributed by atoms with Gasteiger partial charge in [-0.15, -0.1) is 0 Å². The molecule has 1 aromatic rings. The van der Waals surface area contributed by atoms with E-state index in [1.165, 1.54) is 19.1 Å².